The summed E-state index contributed by atoms with van der Waals surface area (Å²) in [7, 11) is -4.30. The molecule has 0 bridgehead atoms. The van der Waals surface area contributed by atoms with Crippen LogP contribution in [0.1, 0.15) is 23.7 Å². The van der Waals surface area contributed by atoms with Gasteiger partial charge in [0, 0.05) is 19.2 Å². The second-order valence-corrected chi connectivity index (χ2v) is 5.81. The van der Waals surface area contributed by atoms with Crippen LogP contribution in [0.5, 0.6) is 0 Å². The van der Waals surface area contributed by atoms with Gasteiger partial charge in [-0.25, -0.2) is 18.0 Å². The first kappa shape index (κ1) is 21.9. The third-order valence-electron chi connectivity index (χ3n) is 2.40. The fourth-order valence-electron chi connectivity index (χ4n) is 1.45. The first-order valence-corrected chi connectivity index (χ1v) is 8.00. The fraction of sp³-hybridized carbons (Fsp3) is 0.385. The summed E-state index contributed by atoms with van der Waals surface area (Å²) in [6.07, 6.45) is -2.02. The second-order valence-electron chi connectivity index (χ2n) is 4.29. The number of carbonyl (C=O) groups excluding carboxylic acids is 2. The van der Waals surface area contributed by atoms with Gasteiger partial charge in [0.15, 0.2) is 0 Å². The van der Waals surface area contributed by atoms with Gasteiger partial charge < -0.3 is 19.3 Å². The van der Waals surface area contributed by atoms with Crippen LogP contribution >= 0.6 is 0 Å². The van der Waals surface area contributed by atoms with E-state index in [9.17, 15) is 22.6 Å². The van der Waals surface area contributed by atoms with Crippen LogP contribution < -0.4 is 34.9 Å². The summed E-state index contributed by atoms with van der Waals surface area (Å²) < 4.78 is 40.7. The standard InChI is InChI=1S/C13H17NO7S.Na/c1-10(20-12(15)11-6-3-2-4-7-11)21-13(16)14-8-5-9-22(17,18)19;/h2-4,6-7,10H,5,8-9H2,1H3,(H,14,16)(H,17,18,19);/q;+1/p-1. The van der Waals surface area contributed by atoms with E-state index in [1.54, 1.807) is 30.3 Å². The van der Waals surface area contributed by atoms with E-state index in [0.717, 1.165) is 0 Å². The van der Waals surface area contributed by atoms with Crippen LogP contribution in [0.15, 0.2) is 30.3 Å². The van der Waals surface area contributed by atoms with Crippen molar-refractivity contribution in [3.8, 4) is 0 Å². The number of benzene rings is 1. The minimum Gasteiger partial charge on any atom is -0.748 e. The Labute approximate surface area is 156 Å². The van der Waals surface area contributed by atoms with E-state index in [2.05, 4.69) is 5.32 Å². The van der Waals surface area contributed by atoms with E-state index in [1.807, 2.05) is 0 Å². The van der Waals surface area contributed by atoms with Gasteiger partial charge in [-0.15, -0.1) is 0 Å². The van der Waals surface area contributed by atoms with Gasteiger partial charge in [-0.05, 0) is 18.6 Å². The number of esters is 1. The van der Waals surface area contributed by atoms with Crippen molar-refractivity contribution in [2.75, 3.05) is 12.3 Å². The van der Waals surface area contributed by atoms with Crippen LogP contribution in [0.4, 0.5) is 4.79 Å². The molecule has 0 radical (unpaired) electrons. The number of amides is 1. The predicted molar refractivity (Wildman–Crippen MR) is 75.0 cm³/mol. The van der Waals surface area contributed by atoms with Crippen LogP contribution in [-0.4, -0.2) is 43.6 Å². The molecule has 0 spiro atoms. The minimum atomic E-state index is -4.30. The fourth-order valence-corrected chi connectivity index (χ4v) is 1.95. The molecule has 1 atom stereocenters. The third-order valence-corrected chi connectivity index (χ3v) is 3.18. The zero-order valence-corrected chi connectivity index (χ0v) is 15.7. The number of carbonyl (C=O) groups is 2. The van der Waals surface area contributed by atoms with E-state index in [0.29, 0.717) is 5.56 Å². The van der Waals surface area contributed by atoms with E-state index in [-0.39, 0.29) is 42.5 Å². The van der Waals surface area contributed by atoms with Crippen molar-refractivity contribution >= 4 is 22.2 Å². The number of alkyl carbamates (subject to hydrolysis) is 1. The number of nitrogens with one attached hydrogen (secondary N) is 1. The average Bonchev–Trinajstić information content (AvgIpc) is 2.43. The smallest absolute Gasteiger partial charge is 0.748 e. The average molecular weight is 353 g/mol. The molecule has 1 aromatic carbocycles. The minimum absolute atomic E-state index is 0. The zero-order valence-electron chi connectivity index (χ0n) is 12.9. The zero-order chi connectivity index (χ0) is 16.6. The quantitative estimate of drug-likeness (QED) is 0.195. The summed E-state index contributed by atoms with van der Waals surface area (Å²) in [5.41, 5.74) is 0.319. The molecule has 0 aliphatic heterocycles. The Balaban J connectivity index is 0.00000484. The van der Waals surface area contributed by atoms with Crippen molar-refractivity contribution in [3.63, 3.8) is 0 Å². The maximum atomic E-state index is 11.7. The summed E-state index contributed by atoms with van der Waals surface area (Å²) in [5, 5.41) is 2.24. The topological polar surface area (TPSA) is 122 Å². The Morgan fingerprint density at radius 1 is 1.22 bits per heavy atom. The molecule has 1 aromatic rings. The summed E-state index contributed by atoms with van der Waals surface area (Å²) in [5.74, 6) is -1.22. The Bertz CT molecular complexity index is 606. The van der Waals surface area contributed by atoms with Crippen LogP contribution in [0.25, 0.3) is 0 Å². The van der Waals surface area contributed by atoms with Gasteiger partial charge in [-0.1, -0.05) is 18.2 Å². The van der Waals surface area contributed by atoms with Crippen LogP contribution in [0.3, 0.4) is 0 Å². The van der Waals surface area contributed by atoms with Gasteiger partial charge in [0.25, 0.3) is 0 Å². The largest absolute Gasteiger partial charge is 1.00 e. The van der Waals surface area contributed by atoms with Crippen molar-refractivity contribution in [3.05, 3.63) is 35.9 Å². The van der Waals surface area contributed by atoms with Gasteiger partial charge in [-0.2, -0.15) is 0 Å². The first-order valence-electron chi connectivity index (χ1n) is 6.42. The molecule has 0 aliphatic rings. The summed E-state index contributed by atoms with van der Waals surface area (Å²) in [4.78, 5) is 23.0. The van der Waals surface area contributed by atoms with E-state index >= 15 is 0 Å². The summed E-state index contributed by atoms with van der Waals surface area (Å²) >= 11 is 0. The molecule has 0 fully saturated rings. The van der Waals surface area contributed by atoms with Crippen LogP contribution in [0.2, 0.25) is 0 Å². The Morgan fingerprint density at radius 2 is 1.83 bits per heavy atom. The van der Waals surface area contributed by atoms with Gasteiger partial charge in [0.2, 0.25) is 6.29 Å². The molecular formula is C13H16NNaO7S. The Hall–Kier alpha value is -1.13. The molecule has 0 saturated heterocycles. The van der Waals surface area contributed by atoms with E-state index in [1.165, 1.54) is 6.92 Å². The van der Waals surface area contributed by atoms with Crippen molar-refractivity contribution in [1.82, 2.24) is 5.32 Å². The van der Waals surface area contributed by atoms with Crippen molar-refractivity contribution in [2.24, 2.45) is 0 Å². The van der Waals surface area contributed by atoms with Gasteiger partial charge in [-0.3, -0.25) is 0 Å². The number of hydrogen-bond acceptors (Lipinski definition) is 7. The molecule has 8 nitrogen and oxygen atoms in total. The second kappa shape index (κ2) is 10.6. The van der Waals surface area contributed by atoms with Gasteiger partial charge in [0.1, 0.15) is 0 Å². The van der Waals surface area contributed by atoms with E-state index in [4.69, 9.17) is 9.47 Å². The van der Waals surface area contributed by atoms with Gasteiger partial charge in [0.05, 0.1) is 15.7 Å². The third kappa shape index (κ3) is 10.3. The molecule has 0 heterocycles. The molecule has 0 aliphatic carbocycles. The molecule has 0 aromatic heterocycles. The van der Waals surface area contributed by atoms with Crippen molar-refractivity contribution in [1.29, 1.82) is 0 Å². The molecule has 10 heteroatoms. The molecular weight excluding hydrogens is 337 g/mol. The number of rotatable bonds is 7. The molecule has 1 N–H and O–H groups in total. The SMILES string of the molecule is CC(OC(=O)NCCCS(=O)(=O)[O-])OC(=O)c1ccccc1.[Na+]. The maximum Gasteiger partial charge on any atom is 1.00 e. The molecule has 1 rings (SSSR count). The van der Waals surface area contributed by atoms with E-state index < -0.39 is 34.2 Å². The monoisotopic (exact) mass is 353 g/mol. The van der Waals surface area contributed by atoms with Crippen LogP contribution in [-0.2, 0) is 19.6 Å². The molecule has 1 unspecified atom stereocenters. The Kier molecular flexibility index (Phi) is 10.1. The molecule has 1 amide bonds. The summed E-state index contributed by atoms with van der Waals surface area (Å²) in [6, 6.07) is 8.18. The summed E-state index contributed by atoms with van der Waals surface area (Å²) in [6.45, 7) is 1.32. The molecule has 122 valence electrons. The maximum absolute atomic E-state index is 11.7. The molecule has 23 heavy (non-hydrogen) atoms. The van der Waals surface area contributed by atoms with Crippen LogP contribution in [0, 0.1) is 0 Å². The Morgan fingerprint density at radius 3 is 2.39 bits per heavy atom. The normalized spacial score (nSPS) is 11.7. The molecule has 0 saturated carbocycles. The first-order chi connectivity index (χ1) is 10.3. The van der Waals surface area contributed by atoms with Crippen molar-refractivity contribution < 1.29 is 61.6 Å². The van der Waals surface area contributed by atoms with Crippen molar-refractivity contribution in [2.45, 2.75) is 19.6 Å². The van der Waals surface area contributed by atoms with Gasteiger partial charge >= 0.3 is 41.6 Å². The predicted octanol–water partition coefficient (Wildman–Crippen LogP) is -2.15. The number of ether oxygens (including phenoxy) is 2. The number of hydrogen-bond donors (Lipinski definition) is 1.